The third kappa shape index (κ3) is 2.81. The number of nitrogens with one attached hydrogen (secondary N) is 1. The van der Waals surface area contributed by atoms with Crippen molar-refractivity contribution in [3.63, 3.8) is 0 Å². The fourth-order valence-corrected chi connectivity index (χ4v) is 2.15. The van der Waals surface area contributed by atoms with Gasteiger partial charge in [0.2, 0.25) is 0 Å². The summed E-state index contributed by atoms with van der Waals surface area (Å²) in [4.78, 5) is 11.8. The van der Waals surface area contributed by atoms with E-state index in [-0.39, 0.29) is 0 Å². The minimum atomic E-state index is -1.10. The van der Waals surface area contributed by atoms with Gasteiger partial charge in [-0.15, -0.1) is 0 Å². The molecule has 0 radical (unpaired) electrons. The van der Waals surface area contributed by atoms with E-state index in [0.29, 0.717) is 10.4 Å². The summed E-state index contributed by atoms with van der Waals surface area (Å²) in [5.41, 5.74) is 6.33. The number of furan rings is 1. The predicted molar refractivity (Wildman–Crippen MR) is 77.8 cm³/mol. The number of carbonyl (C=O) groups excluding carboxylic acids is 1. The molecule has 0 bridgehead atoms. The summed E-state index contributed by atoms with van der Waals surface area (Å²) in [5.74, 6) is -0.0377. The molecule has 5 heteroatoms. The number of hydrogen-bond donors (Lipinski definition) is 2. The molecule has 0 spiro atoms. The molecule has 0 aliphatic heterocycles. The Morgan fingerprint density at radius 2 is 2.11 bits per heavy atom. The summed E-state index contributed by atoms with van der Waals surface area (Å²) < 4.78 is 6.02. The summed E-state index contributed by atoms with van der Waals surface area (Å²) in [6, 6.07) is 11.2. The summed E-state index contributed by atoms with van der Waals surface area (Å²) in [6.07, 6.45) is 0. The zero-order valence-corrected chi connectivity index (χ0v) is 12.3. The fraction of sp³-hybridized carbons (Fsp3) is 0.214. The third-order valence-electron chi connectivity index (χ3n) is 2.97. The summed E-state index contributed by atoms with van der Waals surface area (Å²) in [5, 5.41) is 3.14. The molecule has 1 heterocycles. The van der Waals surface area contributed by atoms with Crippen molar-refractivity contribution in [2.45, 2.75) is 19.4 Å². The van der Waals surface area contributed by atoms with E-state index in [1.807, 2.05) is 31.2 Å². The normalized spacial score (nSPS) is 13.8. The molecule has 4 nitrogen and oxygen atoms in total. The molecule has 1 atom stereocenters. The average Bonchev–Trinajstić information content (AvgIpc) is 2.76. The first-order valence-corrected chi connectivity index (χ1v) is 6.62. The van der Waals surface area contributed by atoms with Crippen LogP contribution in [0.4, 0.5) is 5.69 Å². The van der Waals surface area contributed by atoms with Crippen molar-refractivity contribution in [3.05, 3.63) is 52.4 Å². The number of halogens is 1. The molecule has 1 unspecified atom stereocenters. The third-order valence-corrected chi connectivity index (χ3v) is 3.40. The van der Waals surface area contributed by atoms with E-state index in [9.17, 15) is 4.79 Å². The van der Waals surface area contributed by atoms with Gasteiger partial charge in [0.25, 0.3) is 5.91 Å². The van der Waals surface area contributed by atoms with Gasteiger partial charge in [0.05, 0.1) is 0 Å². The van der Waals surface area contributed by atoms with Crippen LogP contribution < -0.4 is 11.1 Å². The quantitative estimate of drug-likeness (QED) is 0.908. The van der Waals surface area contributed by atoms with E-state index < -0.39 is 11.4 Å². The van der Waals surface area contributed by atoms with Crippen LogP contribution in [0.3, 0.4) is 0 Å². The highest BCUT2D eigenvalue weighted by atomic mass is 79.9. The second-order valence-corrected chi connectivity index (χ2v) is 5.37. The summed E-state index contributed by atoms with van der Waals surface area (Å²) >= 11 is 3.22. The van der Waals surface area contributed by atoms with Crippen LogP contribution in [-0.4, -0.2) is 5.91 Å². The zero-order chi connectivity index (χ0) is 14.0. The van der Waals surface area contributed by atoms with E-state index in [2.05, 4.69) is 21.2 Å². The van der Waals surface area contributed by atoms with Crippen molar-refractivity contribution in [1.29, 1.82) is 0 Å². The maximum Gasteiger partial charge on any atom is 0.250 e. The van der Waals surface area contributed by atoms with Crippen molar-refractivity contribution < 1.29 is 9.21 Å². The van der Waals surface area contributed by atoms with Gasteiger partial charge in [-0.3, -0.25) is 4.79 Å². The molecule has 0 saturated carbocycles. The van der Waals surface area contributed by atoms with Crippen LogP contribution in [0, 0.1) is 6.92 Å². The molecule has 2 rings (SSSR count). The van der Waals surface area contributed by atoms with E-state index in [1.54, 1.807) is 19.1 Å². The Morgan fingerprint density at radius 3 is 2.63 bits per heavy atom. The van der Waals surface area contributed by atoms with Crippen molar-refractivity contribution >= 4 is 27.5 Å². The molecule has 1 amide bonds. The number of amides is 1. The Hall–Kier alpha value is -1.75. The van der Waals surface area contributed by atoms with E-state index >= 15 is 0 Å². The second-order valence-electron chi connectivity index (χ2n) is 4.59. The minimum Gasteiger partial charge on any atom is -0.451 e. The molecule has 0 fully saturated rings. The summed E-state index contributed by atoms with van der Waals surface area (Å²) in [7, 11) is 0. The highest BCUT2D eigenvalue weighted by molar-refractivity contribution is 9.10. The van der Waals surface area contributed by atoms with Gasteiger partial charge in [-0.25, -0.2) is 0 Å². The smallest absolute Gasteiger partial charge is 0.250 e. The van der Waals surface area contributed by atoms with E-state index in [4.69, 9.17) is 10.2 Å². The lowest BCUT2D eigenvalue weighted by Crippen LogP contribution is -2.44. The van der Waals surface area contributed by atoms with Crippen LogP contribution in [0.2, 0.25) is 0 Å². The number of carbonyl (C=O) groups is 1. The van der Waals surface area contributed by atoms with Crippen LogP contribution in [0.15, 0.2) is 45.5 Å². The average molecular weight is 323 g/mol. The molecule has 2 aromatic rings. The highest BCUT2D eigenvalue weighted by Gasteiger charge is 2.36. The Kier molecular flexibility index (Phi) is 3.66. The van der Waals surface area contributed by atoms with Gasteiger partial charge in [0.15, 0.2) is 10.2 Å². The molecule has 3 N–H and O–H groups in total. The molecular formula is C14H15BrN2O2. The van der Waals surface area contributed by atoms with Crippen LogP contribution in [0.25, 0.3) is 0 Å². The fourth-order valence-electron chi connectivity index (χ4n) is 1.84. The topological polar surface area (TPSA) is 68.3 Å². The first-order valence-electron chi connectivity index (χ1n) is 5.82. The Balaban J connectivity index is 2.38. The second kappa shape index (κ2) is 5.09. The SMILES string of the molecule is Cc1cccc(NC(C)(C(N)=O)c2ccc(Br)o2)c1. The van der Waals surface area contributed by atoms with Gasteiger partial charge < -0.3 is 15.5 Å². The molecule has 19 heavy (non-hydrogen) atoms. The largest absolute Gasteiger partial charge is 0.451 e. The van der Waals surface area contributed by atoms with Crippen molar-refractivity contribution in [1.82, 2.24) is 0 Å². The molecule has 0 aliphatic rings. The minimum absolute atomic E-state index is 0.466. The molecular weight excluding hydrogens is 308 g/mol. The number of primary amides is 1. The number of nitrogens with two attached hydrogens (primary N) is 1. The van der Waals surface area contributed by atoms with Crippen molar-refractivity contribution in [2.75, 3.05) is 5.32 Å². The maximum atomic E-state index is 11.8. The standard InChI is InChI=1S/C14H15BrN2O2/c1-9-4-3-5-10(8-9)17-14(2,13(16)18)11-6-7-12(15)19-11/h3-8,17H,1-2H3,(H2,16,18). The van der Waals surface area contributed by atoms with Crippen molar-refractivity contribution in [2.24, 2.45) is 5.73 Å². The number of hydrogen-bond acceptors (Lipinski definition) is 3. The van der Waals surface area contributed by atoms with E-state index in [0.717, 1.165) is 11.3 Å². The van der Waals surface area contributed by atoms with Crippen LogP contribution >= 0.6 is 15.9 Å². The lowest BCUT2D eigenvalue weighted by atomic mass is 9.97. The van der Waals surface area contributed by atoms with E-state index in [1.165, 1.54) is 0 Å². The van der Waals surface area contributed by atoms with Gasteiger partial charge in [0, 0.05) is 5.69 Å². The number of anilines is 1. The molecule has 1 aromatic heterocycles. The van der Waals surface area contributed by atoms with Crippen LogP contribution in [0.1, 0.15) is 18.2 Å². The summed E-state index contributed by atoms with van der Waals surface area (Å²) in [6.45, 7) is 3.68. The van der Waals surface area contributed by atoms with Gasteiger partial charge in [-0.2, -0.15) is 0 Å². The number of aryl methyl sites for hydroxylation is 1. The zero-order valence-electron chi connectivity index (χ0n) is 10.7. The maximum absolute atomic E-state index is 11.8. The monoisotopic (exact) mass is 322 g/mol. The highest BCUT2D eigenvalue weighted by Crippen LogP contribution is 2.29. The number of rotatable bonds is 4. The molecule has 0 aliphatic carbocycles. The Bertz CT molecular complexity index is 609. The Labute approximate surface area is 120 Å². The Morgan fingerprint density at radius 1 is 1.37 bits per heavy atom. The molecule has 100 valence electrons. The molecule has 0 saturated heterocycles. The lowest BCUT2D eigenvalue weighted by molar-refractivity contribution is -0.122. The van der Waals surface area contributed by atoms with Gasteiger partial charge >= 0.3 is 0 Å². The predicted octanol–water partition coefficient (Wildman–Crippen LogP) is 3.16. The van der Waals surface area contributed by atoms with Crippen LogP contribution in [-0.2, 0) is 10.3 Å². The molecule has 1 aromatic carbocycles. The number of benzene rings is 1. The van der Waals surface area contributed by atoms with Crippen molar-refractivity contribution in [3.8, 4) is 0 Å². The first-order chi connectivity index (χ1) is 8.91. The lowest BCUT2D eigenvalue weighted by Gasteiger charge is -2.26. The first kappa shape index (κ1) is 13.7. The van der Waals surface area contributed by atoms with Gasteiger partial charge in [-0.1, -0.05) is 12.1 Å². The van der Waals surface area contributed by atoms with Gasteiger partial charge in [-0.05, 0) is 59.6 Å². The van der Waals surface area contributed by atoms with Crippen LogP contribution in [0.5, 0.6) is 0 Å². The van der Waals surface area contributed by atoms with Gasteiger partial charge in [0.1, 0.15) is 5.76 Å².